The first-order valence-corrected chi connectivity index (χ1v) is 7.69. The molecule has 4 N–H and O–H groups in total. The molecule has 1 amide bonds. The molecule has 0 aromatic heterocycles. The molecule has 0 unspecified atom stereocenters. The Hall–Kier alpha value is -1.85. The first kappa shape index (κ1) is 15.2. The number of hydrogen-bond acceptors (Lipinski definition) is 6. The molecule has 106 valence electrons. The van der Waals surface area contributed by atoms with Crippen LogP contribution in [-0.4, -0.2) is 30.0 Å². The van der Waals surface area contributed by atoms with E-state index >= 15 is 0 Å². The van der Waals surface area contributed by atoms with Gasteiger partial charge in [0, 0.05) is 0 Å². The van der Waals surface area contributed by atoms with E-state index in [1.54, 1.807) is 0 Å². The largest absolute Gasteiger partial charge is 0.452 e. The lowest BCUT2D eigenvalue weighted by Crippen LogP contribution is -2.35. The molecule has 1 aromatic carbocycles. The van der Waals surface area contributed by atoms with Crippen LogP contribution in [-0.2, 0) is 25.0 Å². The van der Waals surface area contributed by atoms with E-state index in [1.807, 2.05) is 4.72 Å². The van der Waals surface area contributed by atoms with Gasteiger partial charge in [-0.2, -0.15) is 8.42 Å². The van der Waals surface area contributed by atoms with Crippen molar-refractivity contribution < 1.29 is 26.4 Å². The van der Waals surface area contributed by atoms with Gasteiger partial charge in [-0.15, -0.1) is 0 Å². The van der Waals surface area contributed by atoms with Crippen molar-refractivity contribution in [3.05, 3.63) is 24.3 Å². The molecule has 0 heterocycles. The van der Waals surface area contributed by atoms with Crippen molar-refractivity contribution in [1.29, 1.82) is 0 Å². The molecule has 0 fully saturated rings. The molecule has 0 spiro atoms. The van der Waals surface area contributed by atoms with Crippen LogP contribution in [0.25, 0.3) is 0 Å². The van der Waals surface area contributed by atoms with Crippen LogP contribution in [0.4, 0.5) is 10.5 Å². The molecule has 0 aliphatic rings. The second-order valence-corrected chi connectivity index (χ2v) is 6.19. The number of benzene rings is 1. The number of nitrogens with one attached hydrogen (secondary N) is 2. The fourth-order valence-electron chi connectivity index (χ4n) is 1.12. The van der Waals surface area contributed by atoms with Crippen LogP contribution < -0.4 is 14.6 Å². The Bertz CT molecular complexity index is 682. The summed E-state index contributed by atoms with van der Waals surface area (Å²) in [6, 6.07) is 5.05. The van der Waals surface area contributed by atoms with Crippen molar-refractivity contribution in [2.45, 2.75) is 4.90 Å². The summed E-state index contributed by atoms with van der Waals surface area (Å²) in [6.07, 6.45) is -1.22. The maximum Gasteiger partial charge on any atom is 0.422 e. The number of anilines is 1. The van der Waals surface area contributed by atoms with Gasteiger partial charge in [-0.25, -0.2) is 23.1 Å². The Morgan fingerprint density at radius 3 is 2.32 bits per heavy atom. The van der Waals surface area contributed by atoms with E-state index in [1.165, 1.54) is 22.9 Å². The Kier molecular flexibility index (Phi) is 4.34. The summed E-state index contributed by atoms with van der Waals surface area (Å²) in [5.41, 5.74) is -0.290. The number of methoxy groups -OCH3 is 1. The van der Waals surface area contributed by atoms with E-state index in [0.29, 0.717) is 0 Å². The average Bonchev–Trinajstić information content (AvgIpc) is 2.26. The highest BCUT2D eigenvalue weighted by Crippen LogP contribution is 2.19. The number of hydrogen-bond donors (Lipinski definition) is 3. The minimum atomic E-state index is -4.32. The lowest BCUT2D eigenvalue weighted by atomic mass is 10.3. The molecule has 0 saturated heterocycles. The van der Waals surface area contributed by atoms with Crippen LogP contribution in [0.3, 0.4) is 0 Å². The number of para-hydroxylation sites is 1. The lowest BCUT2D eigenvalue weighted by Gasteiger charge is -2.11. The minimum absolute atomic E-state index is 0.290. The lowest BCUT2D eigenvalue weighted by molar-refractivity contribution is 0.177. The normalized spacial score (nSPS) is 11.7. The van der Waals surface area contributed by atoms with Crippen LogP contribution >= 0.6 is 0 Å². The quantitative estimate of drug-likeness (QED) is 0.673. The molecule has 1 rings (SSSR count). The second kappa shape index (κ2) is 5.42. The van der Waals surface area contributed by atoms with Crippen LogP contribution in [0.2, 0.25) is 0 Å². The van der Waals surface area contributed by atoms with Crippen LogP contribution in [0, 0.1) is 0 Å². The van der Waals surface area contributed by atoms with Gasteiger partial charge in [0.05, 0.1) is 12.8 Å². The van der Waals surface area contributed by atoms with Gasteiger partial charge in [0.15, 0.2) is 0 Å². The number of nitrogens with two attached hydrogens (primary N) is 1. The van der Waals surface area contributed by atoms with Gasteiger partial charge in [0.1, 0.15) is 4.90 Å². The average molecular weight is 309 g/mol. The molecule has 11 heteroatoms. The van der Waals surface area contributed by atoms with Crippen molar-refractivity contribution in [3.63, 3.8) is 0 Å². The Morgan fingerprint density at radius 1 is 1.21 bits per heavy atom. The predicted molar refractivity (Wildman–Crippen MR) is 65.9 cm³/mol. The van der Waals surface area contributed by atoms with Gasteiger partial charge in [-0.05, 0) is 12.1 Å². The Labute approximate surface area is 110 Å². The molecule has 0 atom stereocenters. The summed E-state index contributed by atoms with van der Waals surface area (Å²) >= 11 is 0. The standard InChI is InChI=1S/C8H11N3O6S2/c1-17-8(12)11-19(15,16)10-6-4-2-3-5-7(6)18(9,13)14/h2-5,10H,1H3,(H,11,12)(H2,9,13,14). The maximum atomic E-state index is 11.5. The van der Waals surface area contributed by atoms with Crippen LogP contribution in [0.1, 0.15) is 0 Å². The zero-order chi connectivity index (χ0) is 14.7. The molecule has 0 aliphatic heterocycles. The zero-order valence-corrected chi connectivity index (χ0v) is 11.3. The van der Waals surface area contributed by atoms with Crippen molar-refractivity contribution in [2.75, 3.05) is 11.8 Å². The summed E-state index contributed by atoms with van der Waals surface area (Å²) in [5.74, 6) is 0. The second-order valence-electron chi connectivity index (χ2n) is 3.24. The minimum Gasteiger partial charge on any atom is -0.452 e. The summed E-state index contributed by atoms with van der Waals surface area (Å²) in [6.45, 7) is 0. The number of carbonyl (C=O) groups is 1. The molecule has 0 bridgehead atoms. The number of primary sulfonamides is 1. The number of carbonyl (C=O) groups excluding carboxylic acids is 1. The molecule has 9 nitrogen and oxygen atoms in total. The fraction of sp³-hybridized carbons (Fsp3) is 0.125. The van der Waals surface area contributed by atoms with Gasteiger partial charge in [0.2, 0.25) is 10.0 Å². The molecule has 0 radical (unpaired) electrons. The molecular weight excluding hydrogens is 298 g/mol. The molecule has 0 saturated carbocycles. The number of ether oxygens (including phenoxy) is 1. The third-order valence-electron chi connectivity index (χ3n) is 1.84. The molecule has 0 aliphatic carbocycles. The van der Waals surface area contributed by atoms with Gasteiger partial charge < -0.3 is 4.74 Å². The third kappa shape index (κ3) is 4.39. The van der Waals surface area contributed by atoms with E-state index < -0.39 is 31.2 Å². The first-order valence-electron chi connectivity index (χ1n) is 4.66. The van der Waals surface area contributed by atoms with E-state index in [0.717, 1.165) is 13.2 Å². The zero-order valence-electron chi connectivity index (χ0n) is 9.65. The molecule has 19 heavy (non-hydrogen) atoms. The maximum absolute atomic E-state index is 11.5. The Balaban J connectivity index is 3.11. The van der Waals surface area contributed by atoms with E-state index in [2.05, 4.69) is 4.74 Å². The smallest absolute Gasteiger partial charge is 0.422 e. The van der Waals surface area contributed by atoms with Crippen molar-refractivity contribution in [3.8, 4) is 0 Å². The summed E-state index contributed by atoms with van der Waals surface area (Å²) in [7, 11) is -7.46. The molecule has 1 aromatic rings. The van der Waals surface area contributed by atoms with E-state index in [-0.39, 0.29) is 5.69 Å². The predicted octanol–water partition coefficient (Wildman–Crippen LogP) is -0.653. The fourth-order valence-corrected chi connectivity index (χ4v) is 2.70. The summed E-state index contributed by atoms with van der Waals surface area (Å²) in [5, 5.41) is 4.93. The van der Waals surface area contributed by atoms with E-state index in [4.69, 9.17) is 5.14 Å². The highest BCUT2D eigenvalue weighted by molar-refractivity contribution is 7.91. The SMILES string of the molecule is COC(=O)NS(=O)(=O)Nc1ccccc1S(N)(=O)=O. The summed E-state index contributed by atoms with van der Waals surface area (Å²) in [4.78, 5) is 10.4. The third-order valence-corrected chi connectivity index (χ3v) is 3.73. The number of amides is 1. The van der Waals surface area contributed by atoms with Crippen LogP contribution in [0.5, 0.6) is 0 Å². The number of sulfonamides is 1. The topological polar surface area (TPSA) is 145 Å². The highest BCUT2D eigenvalue weighted by atomic mass is 32.2. The van der Waals surface area contributed by atoms with Crippen molar-refractivity contribution in [2.24, 2.45) is 5.14 Å². The highest BCUT2D eigenvalue weighted by Gasteiger charge is 2.19. The van der Waals surface area contributed by atoms with Gasteiger partial charge in [0.25, 0.3) is 0 Å². The van der Waals surface area contributed by atoms with Gasteiger partial charge in [-0.1, -0.05) is 12.1 Å². The van der Waals surface area contributed by atoms with Crippen LogP contribution in [0.15, 0.2) is 29.2 Å². The first-order chi connectivity index (χ1) is 8.65. The van der Waals surface area contributed by atoms with Gasteiger partial charge in [-0.3, -0.25) is 4.72 Å². The monoisotopic (exact) mass is 309 g/mol. The van der Waals surface area contributed by atoms with Gasteiger partial charge >= 0.3 is 16.3 Å². The molecular formula is C8H11N3O6S2. The van der Waals surface area contributed by atoms with E-state index in [9.17, 15) is 21.6 Å². The van der Waals surface area contributed by atoms with Crippen molar-refractivity contribution >= 4 is 32.0 Å². The summed E-state index contributed by atoms with van der Waals surface area (Å²) < 4.78 is 52.9. The van der Waals surface area contributed by atoms with Crippen molar-refractivity contribution in [1.82, 2.24) is 4.72 Å². The Morgan fingerprint density at radius 2 is 1.79 bits per heavy atom. The number of rotatable bonds is 4.